The summed E-state index contributed by atoms with van der Waals surface area (Å²) in [5.74, 6) is 0.828. The van der Waals surface area contributed by atoms with Crippen molar-refractivity contribution in [2.75, 3.05) is 6.54 Å². The van der Waals surface area contributed by atoms with Gasteiger partial charge in [-0.3, -0.25) is 4.79 Å². The number of aromatic nitrogens is 2. The van der Waals surface area contributed by atoms with E-state index in [1.54, 1.807) is 0 Å². The van der Waals surface area contributed by atoms with Crippen LogP contribution in [-0.2, 0) is 6.42 Å². The fourth-order valence-corrected chi connectivity index (χ4v) is 3.57. The number of nitrogens with two attached hydrogens (primary N) is 1. The Hall–Kier alpha value is -1.95. The van der Waals surface area contributed by atoms with Gasteiger partial charge >= 0.3 is 0 Å². The molecule has 2 aromatic rings. The molecule has 4 rings (SSSR count). The largest absolute Gasteiger partial charge is 0.345 e. The molecule has 0 radical (unpaired) electrons. The van der Waals surface area contributed by atoms with Gasteiger partial charge in [-0.05, 0) is 51.0 Å². The number of nitrogens with zero attached hydrogens (tertiary/aromatic N) is 2. The Morgan fingerprint density at radius 1 is 1.40 bits per heavy atom. The molecule has 2 aromatic heterocycles. The summed E-state index contributed by atoms with van der Waals surface area (Å²) in [6.07, 6.45) is 6.21. The Morgan fingerprint density at radius 3 is 2.76 bits per heavy atom. The van der Waals surface area contributed by atoms with E-state index in [9.17, 15) is 4.79 Å². The average molecular weight is 342 g/mol. The summed E-state index contributed by atoms with van der Waals surface area (Å²) in [6.45, 7) is 4.58. The van der Waals surface area contributed by atoms with E-state index in [4.69, 9.17) is 10.3 Å². The normalized spacial score (nSPS) is 19.8. The third-order valence-electron chi connectivity index (χ3n) is 5.57. The highest BCUT2D eigenvalue weighted by Gasteiger charge is 2.42. The van der Waals surface area contributed by atoms with Crippen LogP contribution >= 0.6 is 0 Å². The van der Waals surface area contributed by atoms with Crippen LogP contribution < -0.4 is 11.1 Å². The molecule has 0 spiro atoms. The summed E-state index contributed by atoms with van der Waals surface area (Å²) in [5.41, 5.74) is 8.50. The second kappa shape index (κ2) is 6.09. The first kappa shape index (κ1) is 16.5. The highest BCUT2D eigenvalue weighted by molar-refractivity contribution is 6.06. The van der Waals surface area contributed by atoms with Crippen molar-refractivity contribution in [1.29, 1.82) is 0 Å². The second-order valence-corrected chi connectivity index (χ2v) is 7.78. The molecule has 0 aromatic carbocycles. The Kier molecular flexibility index (Phi) is 4.02. The summed E-state index contributed by atoms with van der Waals surface area (Å²) < 4.78 is 5.46. The number of aryl methyl sites for hydroxylation is 1. The fraction of sp³-hybridized carbons (Fsp3) is 0.632. The minimum absolute atomic E-state index is 0.0882. The van der Waals surface area contributed by atoms with Crippen LogP contribution in [0.2, 0.25) is 0 Å². The highest BCUT2D eigenvalue weighted by Crippen LogP contribution is 2.41. The van der Waals surface area contributed by atoms with E-state index in [1.807, 2.05) is 13.0 Å². The summed E-state index contributed by atoms with van der Waals surface area (Å²) >= 11 is 0. The van der Waals surface area contributed by atoms with Gasteiger partial charge in [0.15, 0.2) is 0 Å². The number of fused-ring (bicyclic) bond motifs is 1. The minimum atomic E-state index is -0.353. The maximum Gasteiger partial charge on any atom is 0.259 e. The van der Waals surface area contributed by atoms with Crippen molar-refractivity contribution in [3.8, 4) is 0 Å². The molecule has 0 aliphatic heterocycles. The topological polar surface area (TPSA) is 94.0 Å². The molecule has 1 unspecified atom stereocenters. The maximum absolute atomic E-state index is 13.2. The van der Waals surface area contributed by atoms with Crippen molar-refractivity contribution >= 4 is 17.0 Å². The summed E-state index contributed by atoms with van der Waals surface area (Å²) in [7, 11) is 0. The molecular formula is C19H26N4O2. The number of rotatable bonds is 7. The highest BCUT2D eigenvalue weighted by atomic mass is 16.5. The predicted octanol–water partition coefficient (Wildman–Crippen LogP) is 2.91. The molecule has 1 amide bonds. The van der Waals surface area contributed by atoms with Gasteiger partial charge in [-0.1, -0.05) is 18.5 Å². The van der Waals surface area contributed by atoms with Crippen molar-refractivity contribution in [1.82, 2.24) is 15.5 Å². The molecule has 0 saturated heterocycles. The third kappa shape index (κ3) is 3.03. The Balaban J connectivity index is 1.75. The summed E-state index contributed by atoms with van der Waals surface area (Å²) in [4.78, 5) is 17.8. The molecular weight excluding hydrogens is 316 g/mol. The number of amides is 1. The lowest BCUT2D eigenvalue weighted by Crippen LogP contribution is -2.53. The van der Waals surface area contributed by atoms with Crippen LogP contribution in [-0.4, -0.2) is 28.1 Å². The van der Waals surface area contributed by atoms with Crippen molar-refractivity contribution in [2.45, 2.75) is 63.8 Å². The molecule has 6 heteroatoms. The van der Waals surface area contributed by atoms with E-state index >= 15 is 0 Å². The van der Waals surface area contributed by atoms with E-state index in [0.717, 1.165) is 55.3 Å². The van der Waals surface area contributed by atoms with Crippen LogP contribution in [0.15, 0.2) is 10.6 Å². The quantitative estimate of drug-likeness (QED) is 0.807. The van der Waals surface area contributed by atoms with Gasteiger partial charge in [0.2, 0.25) is 0 Å². The fourth-order valence-electron chi connectivity index (χ4n) is 3.57. The van der Waals surface area contributed by atoms with Crippen LogP contribution in [0.5, 0.6) is 0 Å². The van der Waals surface area contributed by atoms with Gasteiger partial charge in [0.05, 0.1) is 22.2 Å². The smallest absolute Gasteiger partial charge is 0.259 e. The van der Waals surface area contributed by atoms with Crippen LogP contribution in [0.1, 0.15) is 73.6 Å². The molecule has 2 saturated carbocycles. The standard InChI is InChI=1S/C19H26N4O2/c1-3-4-14-16-13(17(24)22-19(2,10-20)12-7-8-12)9-15(11-5-6-11)21-18(16)25-23-14/h9,11-12H,3-8,10,20H2,1-2H3,(H,22,24). The number of carbonyl (C=O) groups excluding carboxylic acids is 1. The second-order valence-electron chi connectivity index (χ2n) is 7.78. The first-order valence-corrected chi connectivity index (χ1v) is 9.37. The van der Waals surface area contributed by atoms with E-state index in [-0.39, 0.29) is 11.4 Å². The van der Waals surface area contributed by atoms with E-state index < -0.39 is 0 Å². The number of carbonyl (C=O) groups is 1. The van der Waals surface area contributed by atoms with Crippen molar-refractivity contribution in [2.24, 2.45) is 11.7 Å². The van der Waals surface area contributed by atoms with Crippen LogP contribution in [0.3, 0.4) is 0 Å². The van der Waals surface area contributed by atoms with Gasteiger partial charge in [0, 0.05) is 18.2 Å². The molecule has 6 nitrogen and oxygen atoms in total. The molecule has 2 aliphatic carbocycles. The lowest BCUT2D eigenvalue weighted by Gasteiger charge is -2.29. The third-order valence-corrected chi connectivity index (χ3v) is 5.57. The molecule has 25 heavy (non-hydrogen) atoms. The van der Waals surface area contributed by atoms with E-state index in [0.29, 0.717) is 29.7 Å². The molecule has 3 N–H and O–H groups in total. The first-order valence-electron chi connectivity index (χ1n) is 9.37. The Bertz CT molecular complexity index is 807. The van der Waals surface area contributed by atoms with Gasteiger partial charge in [-0.25, -0.2) is 4.98 Å². The lowest BCUT2D eigenvalue weighted by molar-refractivity contribution is 0.0899. The maximum atomic E-state index is 13.2. The van der Waals surface area contributed by atoms with Gasteiger partial charge < -0.3 is 15.6 Å². The molecule has 2 fully saturated rings. The van der Waals surface area contributed by atoms with Gasteiger partial charge in [-0.2, -0.15) is 0 Å². The number of hydrogen-bond donors (Lipinski definition) is 2. The molecule has 2 aliphatic rings. The van der Waals surface area contributed by atoms with Crippen LogP contribution in [0, 0.1) is 5.92 Å². The number of pyridine rings is 1. The minimum Gasteiger partial charge on any atom is -0.345 e. The molecule has 1 atom stereocenters. The zero-order valence-corrected chi connectivity index (χ0v) is 15.0. The number of hydrogen-bond acceptors (Lipinski definition) is 5. The molecule has 2 heterocycles. The SMILES string of the molecule is CCCc1noc2nc(C3CC3)cc(C(=O)NC(C)(CN)C3CC3)c12. The Morgan fingerprint density at radius 2 is 2.16 bits per heavy atom. The Labute approximate surface area is 147 Å². The monoisotopic (exact) mass is 342 g/mol. The number of nitrogens with one attached hydrogen (secondary N) is 1. The molecule has 0 bridgehead atoms. The summed E-state index contributed by atoms with van der Waals surface area (Å²) in [5, 5.41) is 8.13. The van der Waals surface area contributed by atoms with Crippen molar-refractivity contribution in [3.63, 3.8) is 0 Å². The van der Waals surface area contributed by atoms with Gasteiger partial charge in [0.1, 0.15) is 0 Å². The van der Waals surface area contributed by atoms with Crippen LogP contribution in [0.4, 0.5) is 0 Å². The van der Waals surface area contributed by atoms with Gasteiger partial charge in [-0.15, -0.1) is 0 Å². The zero-order valence-electron chi connectivity index (χ0n) is 15.0. The van der Waals surface area contributed by atoms with Crippen molar-refractivity contribution < 1.29 is 9.32 Å². The predicted molar refractivity (Wildman–Crippen MR) is 95.4 cm³/mol. The first-order chi connectivity index (χ1) is 12.1. The van der Waals surface area contributed by atoms with E-state index in [1.165, 1.54) is 0 Å². The van der Waals surface area contributed by atoms with Crippen LogP contribution in [0.25, 0.3) is 11.1 Å². The zero-order chi connectivity index (χ0) is 17.6. The average Bonchev–Trinajstić information content (AvgIpc) is 3.51. The van der Waals surface area contributed by atoms with Crippen molar-refractivity contribution in [3.05, 3.63) is 23.0 Å². The molecule has 134 valence electrons. The van der Waals surface area contributed by atoms with E-state index in [2.05, 4.69) is 22.4 Å². The lowest BCUT2D eigenvalue weighted by atomic mass is 9.94. The summed E-state index contributed by atoms with van der Waals surface area (Å²) in [6, 6.07) is 1.94. The van der Waals surface area contributed by atoms with Gasteiger partial charge in [0.25, 0.3) is 11.6 Å².